The monoisotopic (exact) mass is 361 g/mol. The van der Waals surface area contributed by atoms with Gasteiger partial charge in [-0.25, -0.2) is 13.4 Å². The quantitative estimate of drug-likeness (QED) is 0.859. The normalized spacial score (nSPS) is 26.6. The molecule has 0 radical (unpaired) electrons. The lowest BCUT2D eigenvalue weighted by molar-refractivity contribution is 0.0340. The van der Waals surface area contributed by atoms with Gasteiger partial charge < -0.3 is 0 Å². The largest absolute Gasteiger partial charge is 0.292 e. The summed E-state index contributed by atoms with van der Waals surface area (Å²) < 4.78 is 24.6. The van der Waals surface area contributed by atoms with Gasteiger partial charge in [-0.3, -0.25) is 14.9 Å². The van der Waals surface area contributed by atoms with Crippen molar-refractivity contribution in [2.45, 2.75) is 32.1 Å². The molecule has 0 saturated carbocycles. The molecule has 8 heteroatoms. The lowest BCUT2D eigenvalue weighted by Gasteiger charge is -2.43. The van der Waals surface area contributed by atoms with Crippen molar-refractivity contribution in [2.75, 3.05) is 24.6 Å². The van der Waals surface area contributed by atoms with Crippen molar-refractivity contribution < 1.29 is 8.42 Å². The fourth-order valence-electron chi connectivity index (χ4n) is 3.95. The molecular weight excluding hydrogens is 338 g/mol. The number of sulfone groups is 1. The number of hydrogen-bond acceptors (Lipinski definition) is 6. The Bertz CT molecular complexity index is 836. The lowest BCUT2D eigenvalue weighted by Crippen LogP contribution is -2.58. The number of piperazine rings is 1. The zero-order valence-corrected chi connectivity index (χ0v) is 15.1. The predicted molar refractivity (Wildman–Crippen MR) is 94.6 cm³/mol. The van der Waals surface area contributed by atoms with E-state index >= 15 is 0 Å². The highest BCUT2D eigenvalue weighted by molar-refractivity contribution is 7.91. The van der Waals surface area contributed by atoms with Crippen LogP contribution in [0.3, 0.4) is 0 Å². The molecule has 134 valence electrons. The minimum atomic E-state index is -3.01. The highest BCUT2D eigenvalue weighted by Gasteiger charge is 2.46. The van der Waals surface area contributed by atoms with Gasteiger partial charge in [0.25, 0.3) is 0 Å². The molecule has 2 fully saturated rings. The maximum absolute atomic E-state index is 12.3. The van der Waals surface area contributed by atoms with Gasteiger partial charge >= 0.3 is 0 Å². The first-order chi connectivity index (χ1) is 12.0. The summed E-state index contributed by atoms with van der Waals surface area (Å²) in [4.78, 5) is 8.93. The molecule has 2 aliphatic heterocycles. The van der Waals surface area contributed by atoms with Crippen molar-refractivity contribution in [1.82, 2.24) is 25.0 Å². The third kappa shape index (κ3) is 3.61. The predicted octanol–water partition coefficient (Wildman–Crippen LogP) is 0.597. The molecule has 1 aromatic heterocycles. The van der Waals surface area contributed by atoms with E-state index in [1.54, 1.807) is 0 Å². The van der Waals surface area contributed by atoms with Crippen molar-refractivity contribution >= 4 is 9.84 Å². The second kappa shape index (κ2) is 6.51. The van der Waals surface area contributed by atoms with Crippen LogP contribution < -0.4 is 0 Å². The highest BCUT2D eigenvalue weighted by atomic mass is 32.2. The molecule has 0 spiro atoms. The van der Waals surface area contributed by atoms with E-state index in [1.807, 2.05) is 25.1 Å². The SMILES string of the molecule is Cc1nc(CN2CCN(Cc3ccccc3)[C@H]3CS(=O)(=O)C[C@H]32)n[nH]1. The molecule has 3 heterocycles. The molecule has 2 atom stereocenters. The summed E-state index contributed by atoms with van der Waals surface area (Å²) in [5.74, 6) is 1.99. The maximum atomic E-state index is 12.3. The minimum absolute atomic E-state index is 0.0151. The van der Waals surface area contributed by atoms with Crippen molar-refractivity contribution in [3.05, 3.63) is 47.5 Å². The molecular formula is C17H23N5O2S. The molecule has 25 heavy (non-hydrogen) atoms. The third-order valence-electron chi connectivity index (χ3n) is 5.12. The van der Waals surface area contributed by atoms with E-state index in [2.05, 4.69) is 37.1 Å². The van der Waals surface area contributed by atoms with Crippen LogP contribution in [0.15, 0.2) is 30.3 Å². The summed E-state index contributed by atoms with van der Waals surface area (Å²) in [6, 6.07) is 10.3. The second-order valence-electron chi connectivity index (χ2n) is 6.98. The molecule has 2 aliphatic rings. The summed E-state index contributed by atoms with van der Waals surface area (Å²) in [6.45, 7) is 4.95. The number of aromatic nitrogens is 3. The van der Waals surface area contributed by atoms with Crippen molar-refractivity contribution in [1.29, 1.82) is 0 Å². The Hall–Kier alpha value is -1.77. The smallest absolute Gasteiger partial charge is 0.164 e. The minimum Gasteiger partial charge on any atom is -0.292 e. The van der Waals surface area contributed by atoms with Crippen LogP contribution in [0.25, 0.3) is 0 Å². The number of aryl methyl sites for hydroxylation is 1. The first-order valence-corrected chi connectivity index (χ1v) is 10.4. The number of benzene rings is 1. The van der Waals surface area contributed by atoms with E-state index < -0.39 is 9.84 Å². The van der Waals surface area contributed by atoms with E-state index in [-0.39, 0.29) is 23.6 Å². The average Bonchev–Trinajstić information content (AvgIpc) is 3.13. The van der Waals surface area contributed by atoms with Gasteiger partial charge in [-0.1, -0.05) is 30.3 Å². The summed E-state index contributed by atoms with van der Waals surface area (Å²) >= 11 is 0. The number of hydrogen-bond donors (Lipinski definition) is 1. The van der Waals surface area contributed by atoms with Gasteiger partial charge in [0.15, 0.2) is 15.7 Å². The fraction of sp³-hybridized carbons (Fsp3) is 0.529. The van der Waals surface area contributed by atoms with E-state index in [0.29, 0.717) is 6.54 Å². The molecule has 4 rings (SSSR count). The Labute approximate surface area is 148 Å². The molecule has 0 aliphatic carbocycles. The summed E-state index contributed by atoms with van der Waals surface area (Å²) in [5.41, 5.74) is 1.23. The number of nitrogens with one attached hydrogen (secondary N) is 1. The third-order valence-corrected chi connectivity index (χ3v) is 6.82. The zero-order chi connectivity index (χ0) is 17.4. The molecule has 0 unspecified atom stereocenters. The van der Waals surface area contributed by atoms with Gasteiger partial charge in [0.05, 0.1) is 18.1 Å². The van der Waals surface area contributed by atoms with E-state index in [4.69, 9.17) is 0 Å². The molecule has 0 amide bonds. The fourth-order valence-corrected chi connectivity index (χ4v) is 5.99. The van der Waals surface area contributed by atoms with E-state index in [0.717, 1.165) is 31.3 Å². The maximum Gasteiger partial charge on any atom is 0.164 e. The Kier molecular flexibility index (Phi) is 4.35. The van der Waals surface area contributed by atoms with Crippen LogP contribution in [0.4, 0.5) is 0 Å². The van der Waals surface area contributed by atoms with Crippen LogP contribution in [0, 0.1) is 6.92 Å². The van der Waals surface area contributed by atoms with Crippen LogP contribution in [0.2, 0.25) is 0 Å². The van der Waals surface area contributed by atoms with Gasteiger partial charge in [0.1, 0.15) is 5.82 Å². The van der Waals surface area contributed by atoms with Gasteiger partial charge in [-0.2, -0.15) is 5.10 Å². The van der Waals surface area contributed by atoms with Gasteiger partial charge in [-0.05, 0) is 12.5 Å². The Morgan fingerprint density at radius 2 is 1.72 bits per heavy atom. The summed E-state index contributed by atoms with van der Waals surface area (Å²) in [5, 5.41) is 7.07. The Balaban J connectivity index is 1.53. The number of nitrogens with zero attached hydrogens (tertiary/aromatic N) is 4. The topological polar surface area (TPSA) is 82.2 Å². The lowest BCUT2D eigenvalue weighted by atomic mass is 10.0. The zero-order valence-electron chi connectivity index (χ0n) is 14.3. The van der Waals surface area contributed by atoms with Crippen LogP contribution in [-0.4, -0.2) is 70.1 Å². The van der Waals surface area contributed by atoms with Crippen molar-refractivity contribution in [3.63, 3.8) is 0 Å². The molecule has 0 bridgehead atoms. The summed E-state index contributed by atoms with van der Waals surface area (Å²) in [7, 11) is -3.01. The van der Waals surface area contributed by atoms with Crippen LogP contribution >= 0.6 is 0 Å². The van der Waals surface area contributed by atoms with Crippen molar-refractivity contribution in [3.8, 4) is 0 Å². The Morgan fingerprint density at radius 1 is 1.08 bits per heavy atom. The molecule has 1 aromatic carbocycles. The first-order valence-electron chi connectivity index (χ1n) is 8.60. The second-order valence-corrected chi connectivity index (χ2v) is 9.13. The van der Waals surface area contributed by atoms with Gasteiger partial charge in [0.2, 0.25) is 0 Å². The van der Waals surface area contributed by atoms with Crippen LogP contribution in [0.5, 0.6) is 0 Å². The molecule has 1 N–H and O–H groups in total. The molecule has 7 nitrogen and oxygen atoms in total. The number of H-pyrrole nitrogens is 1. The van der Waals surface area contributed by atoms with Crippen molar-refractivity contribution in [2.24, 2.45) is 0 Å². The average molecular weight is 361 g/mol. The molecule has 2 saturated heterocycles. The van der Waals surface area contributed by atoms with Gasteiger partial charge in [-0.15, -0.1) is 0 Å². The number of rotatable bonds is 4. The van der Waals surface area contributed by atoms with Crippen LogP contribution in [-0.2, 0) is 22.9 Å². The van der Waals surface area contributed by atoms with E-state index in [1.165, 1.54) is 5.56 Å². The summed E-state index contributed by atoms with van der Waals surface area (Å²) in [6.07, 6.45) is 0. The Morgan fingerprint density at radius 3 is 2.32 bits per heavy atom. The number of aromatic amines is 1. The highest BCUT2D eigenvalue weighted by Crippen LogP contribution is 2.29. The van der Waals surface area contributed by atoms with Crippen LogP contribution in [0.1, 0.15) is 17.2 Å². The number of fused-ring (bicyclic) bond motifs is 1. The van der Waals surface area contributed by atoms with Gasteiger partial charge in [0, 0.05) is 31.7 Å². The standard InChI is InChI=1S/C17H23N5O2S/c1-13-18-17(20-19-13)10-22-8-7-21(9-14-5-3-2-4-6-14)15-11-25(23,24)12-16(15)22/h2-6,15-16H,7-12H2,1H3,(H,18,19,20)/t15-,16+/m0/s1. The molecule has 2 aromatic rings. The first kappa shape index (κ1) is 16.7. The van der Waals surface area contributed by atoms with E-state index in [9.17, 15) is 8.42 Å².